The fourth-order valence-corrected chi connectivity index (χ4v) is 3.37. The van der Waals surface area contributed by atoms with Crippen molar-refractivity contribution in [1.82, 2.24) is 20.6 Å². The minimum Gasteiger partial charge on any atom is -0.473 e. The first-order valence-electron chi connectivity index (χ1n) is 9.27. The van der Waals surface area contributed by atoms with Crippen LogP contribution in [0.5, 0.6) is 5.88 Å². The molecule has 0 amide bonds. The van der Waals surface area contributed by atoms with Crippen LogP contribution >= 0.6 is 35.3 Å². The minimum atomic E-state index is 0. The third-order valence-corrected chi connectivity index (χ3v) is 5.24. The van der Waals surface area contributed by atoms with E-state index in [1.807, 2.05) is 48.7 Å². The topological polar surface area (TPSA) is 71.4 Å². The number of halogens is 1. The molecule has 2 heterocycles. The van der Waals surface area contributed by atoms with Gasteiger partial charge in [-0.05, 0) is 18.1 Å². The summed E-state index contributed by atoms with van der Waals surface area (Å²) in [4.78, 5) is 14.4. The molecule has 3 rings (SSSR count). The van der Waals surface area contributed by atoms with Crippen molar-refractivity contribution in [2.45, 2.75) is 33.0 Å². The van der Waals surface area contributed by atoms with Gasteiger partial charge < -0.3 is 15.4 Å². The van der Waals surface area contributed by atoms with E-state index >= 15 is 0 Å². The van der Waals surface area contributed by atoms with Crippen molar-refractivity contribution in [2.24, 2.45) is 4.99 Å². The van der Waals surface area contributed by atoms with Gasteiger partial charge in [-0.15, -0.1) is 35.3 Å². The Morgan fingerprint density at radius 1 is 1.07 bits per heavy atom. The second-order valence-electron chi connectivity index (χ2n) is 6.10. The Hall–Kier alpha value is -2.20. The Balaban J connectivity index is 0.00000300. The van der Waals surface area contributed by atoms with Crippen molar-refractivity contribution < 1.29 is 4.74 Å². The lowest BCUT2D eigenvalue weighted by Gasteiger charge is -2.13. The number of aliphatic imine (C=N–C) groups is 1. The number of thiazole rings is 1. The normalized spacial score (nSPS) is 10.9. The molecule has 0 aliphatic rings. The summed E-state index contributed by atoms with van der Waals surface area (Å²) in [5, 5.41) is 7.66. The molecular weight excluding hydrogens is 497 g/mol. The fourth-order valence-electron chi connectivity index (χ4n) is 2.57. The highest BCUT2D eigenvalue weighted by molar-refractivity contribution is 14.0. The second-order valence-corrected chi connectivity index (χ2v) is 7.29. The van der Waals surface area contributed by atoms with Crippen LogP contribution in [0.2, 0.25) is 0 Å². The molecule has 2 N–H and O–H groups in total. The van der Waals surface area contributed by atoms with Crippen LogP contribution < -0.4 is 15.4 Å². The van der Waals surface area contributed by atoms with Gasteiger partial charge in [0.05, 0.1) is 6.54 Å². The molecule has 0 unspecified atom stereocenters. The standard InChI is InChI=1S/C21H25N5OS.HI/c1-3-18-13-24-19(28-18)14-26-21(22-2)25-12-17-10-7-11-23-20(17)27-15-16-8-5-4-6-9-16;/h4-11,13H,3,12,14-15H2,1-2H3,(H2,22,25,26);1H. The Morgan fingerprint density at radius 3 is 2.59 bits per heavy atom. The van der Waals surface area contributed by atoms with E-state index in [-0.39, 0.29) is 24.0 Å². The predicted octanol–water partition coefficient (Wildman–Crippen LogP) is 4.16. The summed E-state index contributed by atoms with van der Waals surface area (Å²) in [6.45, 7) is 3.84. The molecule has 2 aromatic heterocycles. The van der Waals surface area contributed by atoms with Crippen molar-refractivity contribution in [2.75, 3.05) is 7.05 Å². The number of nitrogens with zero attached hydrogens (tertiary/aromatic N) is 3. The third-order valence-electron chi connectivity index (χ3n) is 4.10. The van der Waals surface area contributed by atoms with Crippen LogP contribution in [-0.2, 0) is 26.1 Å². The predicted molar refractivity (Wildman–Crippen MR) is 129 cm³/mol. The monoisotopic (exact) mass is 523 g/mol. The van der Waals surface area contributed by atoms with E-state index in [0.717, 1.165) is 22.6 Å². The van der Waals surface area contributed by atoms with Gasteiger partial charge in [0.25, 0.3) is 0 Å². The fraction of sp³-hybridized carbons (Fsp3) is 0.286. The first-order valence-corrected chi connectivity index (χ1v) is 10.1. The SMILES string of the molecule is CCc1cnc(CNC(=NC)NCc2cccnc2OCc2ccccc2)s1.I. The van der Waals surface area contributed by atoms with Gasteiger partial charge in [0.2, 0.25) is 5.88 Å². The molecule has 29 heavy (non-hydrogen) atoms. The molecule has 0 spiro atoms. The number of aromatic nitrogens is 2. The molecule has 6 nitrogen and oxygen atoms in total. The highest BCUT2D eigenvalue weighted by atomic mass is 127. The molecule has 0 bridgehead atoms. The molecule has 0 saturated carbocycles. The van der Waals surface area contributed by atoms with Crippen LogP contribution in [-0.4, -0.2) is 23.0 Å². The van der Waals surface area contributed by atoms with Crippen LogP contribution in [0.4, 0.5) is 0 Å². The maximum Gasteiger partial charge on any atom is 0.218 e. The van der Waals surface area contributed by atoms with Gasteiger partial charge in [-0.2, -0.15) is 0 Å². The van der Waals surface area contributed by atoms with E-state index in [1.165, 1.54) is 4.88 Å². The number of hydrogen-bond donors (Lipinski definition) is 2. The van der Waals surface area contributed by atoms with Gasteiger partial charge >= 0.3 is 0 Å². The lowest BCUT2D eigenvalue weighted by Crippen LogP contribution is -2.36. The summed E-state index contributed by atoms with van der Waals surface area (Å²) in [5.74, 6) is 1.34. The van der Waals surface area contributed by atoms with E-state index in [0.29, 0.717) is 31.5 Å². The first kappa shape index (κ1) is 23.1. The molecule has 154 valence electrons. The molecule has 8 heteroatoms. The molecular formula is C21H26IN5OS. The van der Waals surface area contributed by atoms with Gasteiger partial charge in [-0.1, -0.05) is 43.3 Å². The number of rotatable bonds is 8. The Labute approximate surface area is 192 Å². The molecule has 0 aliphatic heterocycles. The van der Waals surface area contributed by atoms with E-state index in [9.17, 15) is 0 Å². The Kier molecular flexibility index (Phi) is 9.85. The van der Waals surface area contributed by atoms with E-state index in [4.69, 9.17) is 4.74 Å². The van der Waals surface area contributed by atoms with Crippen LogP contribution in [0.15, 0.2) is 59.9 Å². The van der Waals surface area contributed by atoms with Crippen molar-refractivity contribution in [3.05, 3.63) is 75.9 Å². The molecule has 0 aliphatic carbocycles. The molecule has 0 saturated heterocycles. The summed E-state index contributed by atoms with van der Waals surface area (Å²) >= 11 is 1.72. The Morgan fingerprint density at radius 2 is 1.86 bits per heavy atom. The van der Waals surface area contributed by atoms with E-state index < -0.39 is 0 Å². The number of guanidine groups is 1. The van der Waals surface area contributed by atoms with Crippen molar-refractivity contribution >= 4 is 41.3 Å². The zero-order valence-corrected chi connectivity index (χ0v) is 19.7. The highest BCUT2D eigenvalue weighted by Crippen LogP contribution is 2.16. The van der Waals surface area contributed by atoms with Gasteiger partial charge in [-0.25, -0.2) is 9.97 Å². The average Bonchev–Trinajstić information content (AvgIpc) is 3.22. The number of nitrogens with one attached hydrogen (secondary N) is 2. The summed E-state index contributed by atoms with van der Waals surface area (Å²) in [6.07, 6.45) is 4.69. The van der Waals surface area contributed by atoms with Crippen LogP contribution in [0.1, 0.15) is 27.9 Å². The lowest BCUT2D eigenvalue weighted by atomic mass is 10.2. The average molecular weight is 523 g/mol. The summed E-state index contributed by atoms with van der Waals surface area (Å²) < 4.78 is 5.91. The summed E-state index contributed by atoms with van der Waals surface area (Å²) in [5.41, 5.74) is 2.09. The molecule has 3 aromatic rings. The lowest BCUT2D eigenvalue weighted by molar-refractivity contribution is 0.290. The van der Waals surface area contributed by atoms with Gasteiger partial charge in [0, 0.05) is 36.4 Å². The van der Waals surface area contributed by atoms with E-state index in [2.05, 4.69) is 32.5 Å². The maximum absolute atomic E-state index is 5.91. The largest absolute Gasteiger partial charge is 0.473 e. The zero-order valence-electron chi connectivity index (χ0n) is 16.6. The summed E-state index contributed by atoms with van der Waals surface area (Å²) in [6, 6.07) is 14.0. The van der Waals surface area contributed by atoms with Gasteiger partial charge in [-0.3, -0.25) is 4.99 Å². The minimum absolute atomic E-state index is 0. The van der Waals surface area contributed by atoms with Crippen LogP contribution in [0.25, 0.3) is 0 Å². The molecule has 0 radical (unpaired) electrons. The Bertz CT molecular complexity index is 901. The number of aryl methyl sites for hydroxylation is 1. The molecule has 1 aromatic carbocycles. The summed E-state index contributed by atoms with van der Waals surface area (Å²) in [7, 11) is 1.75. The van der Waals surface area contributed by atoms with Gasteiger partial charge in [0.1, 0.15) is 11.6 Å². The second kappa shape index (κ2) is 12.4. The molecule has 0 atom stereocenters. The maximum atomic E-state index is 5.91. The zero-order chi connectivity index (χ0) is 19.6. The van der Waals surface area contributed by atoms with Gasteiger partial charge in [0.15, 0.2) is 5.96 Å². The third kappa shape index (κ3) is 7.28. The van der Waals surface area contributed by atoms with Crippen molar-refractivity contribution in [3.8, 4) is 5.88 Å². The van der Waals surface area contributed by atoms with Crippen molar-refractivity contribution in [1.29, 1.82) is 0 Å². The smallest absolute Gasteiger partial charge is 0.218 e. The highest BCUT2D eigenvalue weighted by Gasteiger charge is 2.07. The van der Waals surface area contributed by atoms with Crippen LogP contribution in [0.3, 0.4) is 0 Å². The number of ether oxygens (including phenoxy) is 1. The quantitative estimate of drug-likeness (QED) is 0.264. The van der Waals surface area contributed by atoms with Crippen LogP contribution in [0, 0.1) is 0 Å². The number of hydrogen-bond acceptors (Lipinski definition) is 5. The number of benzene rings is 1. The molecule has 0 fully saturated rings. The van der Waals surface area contributed by atoms with Crippen molar-refractivity contribution in [3.63, 3.8) is 0 Å². The van der Waals surface area contributed by atoms with E-state index in [1.54, 1.807) is 24.6 Å². The number of pyridine rings is 1. The first-order chi connectivity index (χ1) is 13.8.